The molecule has 1 aromatic rings. The van der Waals surface area contributed by atoms with Gasteiger partial charge in [-0.1, -0.05) is 31.0 Å². The molecule has 1 atom stereocenters. The summed E-state index contributed by atoms with van der Waals surface area (Å²) in [5.74, 6) is 0.728. The predicted octanol–water partition coefficient (Wildman–Crippen LogP) is 3.54. The Morgan fingerprint density at radius 3 is 2.30 bits per heavy atom. The van der Waals surface area contributed by atoms with E-state index in [0.717, 1.165) is 84.4 Å². The van der Waals surface area contributed by atoms with Crippen LogP contribution in [-0.4, -0.2) is 73.2 Å². The topological polar surface area (TPSA) is 36.0 Å². The second kappa shape index (κ2) is 8.88. The molecule has 5 rings (SSSR count). The molecular weight excluding hydrogens is 374 g/mol. The molecule has 1 aromatic carbocycles. The highest BCUT2D eigenvalue weighted by Gasteiger charge is 2.43. The molecule has 1 spiro atoms. The first-order chi connectivity index (χ1) is 14.7. The molecule has 164 valence electrons. The van der Waals surface area contributed by atoms with E-state index in [0.29, 0.717) is 17.9 Å². The maximum atomic E-state index is 12.8. The lowest BCUT2D eigenvalue weighted by molar-refractivity contribution is -0.152. The van der Waals surface area contributed by atoms with Gasteiger partial charge in [-0.15, -0.1) is 0 Å². The van der Waals surface area contributed by atoms with Crippen molar-refractivity contribution in [3.8, 4) is 0 Å². The van der Waals surface area contributed by atoms with E-state index in [1.54, 1.807) is 0 Å². The standard InChI is InChI=1S/C25H37N3O2/c29-24(21-6-4-5-7-21)28-13-11-25(12-14-28)20-23(10-19-30-25)27-17-15-26(16-18-27)22-8-2-1-3-9-22/h1-3,8-9,21,23H,4-7,10-20H2/t23-/m0/s1. The third-order valence-corrected chi connectivity index (χ3v) is 8.11. The minimum atomic E-state index is 0.00589. The van der Waals surface area contributed by atoms with Crippen LogP contribution in [0.25, 0.3) is 0 Å². The molecule has 1 amide bonds. The summed E-state index contributed by atoms with van der Waals surface area (Å²) in [7, 11) is 0. The zero-order chi connectivity index (χ0) is 20.4. The van der Waals surface area contributed by atoms with Gasteiger partial charge in [-0.05, 0) is 50.7 Å². The predicted molar refractivity (Wildman–Crippen MR) is 120 cm³/mol. The van der Waals surface area contributed by atoms with Crippen molar-refractivity contribution < 1.29 is 9.53 Å². The van der Waals surface area contributed by atoms with E-state index >= 15 is 0 Å². The number of hydrogen-bond acceptors (Lipinski definition) is 4. The van der Waals surface area contributed by atoms with Crippen molar-refractivity contribution >= 4 is 11.6 Å². The maximum Gasteiger partial charge on any atom is 0.225 e. The van der Waals surface area contributed by atoms with E-state index < -0.39 is 0 Å². The van der Waals surface area contributed by atoms with Gasteiger partial charge in [0.05, 0.1) is 5.60 Å². The van der Waals surface area contributed by atoms with Crippen LogP contribution in [0.3, 0.4) is 0 Å². The zero-order valence-corrected chi connectivity index (χ0v) is 18.3. The third-order valence-electron chi connectivity index (χ3n) is 8.11. The van der Waals surface area contributed by atoms with Crippen LogP contribution in [0.4, 0.5) is 5.69 Å². The van der Waals surface area contributed by atoms with Crippen molar-refractivity contribution in [3.63, 3.8) is 0 Å². The summed E-state index contributed by atoms with van der Waals surface area (Å²) >= 11 is 0. The van der Waals surface area contributed by atoms with Gasteiger partial charge < -0.3 is 14.5 Å². The Morgan fingerprint density at radius 1 is 0.900 bits per heavy atom. The number of hydrogen-bond donors (Lipinski definition) is 0. The quantitative estimate of drug-likeness (QED) is 0.762. The Labute approximate surface area is 181 Å². The Hall–Kier alpha value is -1.59. The minimum Gasteiger partial charge on any atom is -0.375 e. The van der Waals surface area contributed by atoms with Gasteiger partial charge >= 0.3 is 0 Å². The van der Waals surface area contributed by atoms with Gasteiger partial charge in [0.25, 0.3) is 0 Å². The van der Waals surface area contributed by atoms with E-state index in [1.807, 2.05) is 0 Å². The van der Waals surface area contributed by atoms with Gasteiger partial charge in [0.15, 0.2) is 0 Å². The minimum absolute atomic E-state index is 0.00589. The van der Waals surface area contributed by atoms with Crippen molar-refractivity contribution in [1.82, 2.24) is 9.80 Å². The fourth-order valence-corrected chi connectivity index (χ4v) is 6.21. The molecule has 30 heavy (non-hydrogen) atoms. The van der Waals surface area contributed by atoms with Gasteiger partial charge in [-0.25, -0.2) is 0 Å². The highest BCUT2D eigenvalue weighted by atomic mass is 16.5. The molecule has 4 aliphatic rings. The zero-order valence-electron chi connectivity index (χ0n) is 18.3. The molecule has 0 bridgehead atoms. The number of benzene rings is 1. The number of carbonyl (C=O) groups is 1. The molecule has 1 saturated carbocycles. The molecule has 3 aliphatic heterocycles. The van der Waals surface area contributed by atoms with Crippen LogP contribution in [0.15, 0.2) is 30.3 Å². The van der Waals surface area contributed by atoms with Gasteiger partial charge in [0.1, 0.15) is 0 Å². The molecule has 0 radical (unpaired) electrons. The van der Waals surface area contributed by atoms with Crippen molar-refractivity contribution in [1.29, 1.82) is 0 Å². The first-order valence-electron chi connectivity index (χ1n) is 12.2. The van der Waals surface area contributed by atoms with E-state index in [4.69, 9.17) is 4.74 Å². The van der Waals surface area contributed by atoms with Gasteiger partial charge in [-0.2, -0.15) is 0 Å². The average Bonchev–Trinajstić information content (AvgIpc) is 3.35. The van der Waals surface area contributed by atoms with Crippen molar-refractivity contribution in [2.45, 2.75) is 63.0 Å². The first-order valence-corrected chi connectivity index (χ1v) is 12.2. The smallest absolute Gasteiger partial charge is 0.225 e. The molecule has 0 unspecified atom stereocenters. The second-order valence-corrected chi connectivity index (χ2v) is 9.84. The van der Waals surface area contributed by atoms with E-state index in [-0.39, 0.29) is 5.60 Å². The second-order valence-electron chi connectivity index (χ2n) is 9.84. The molecule has 0 N–H and O–H groups in total. The first kappa shape index (κ1) is 20.3. The van der Waals surface area contributed by atoms with Crippen molar-refractivity contribution in [3.05, 3.63) is 30.3 Å². The fraction of sp³-hybridized carbons (Fsp3) is 0.720. The van der Waals surface area contributed by atoms with Crippen molar-refractivity contribution in [2.24, 2.45) is 5.92 Å². The summed E-state index contributed by atoms with van der Waals surface area (Å²) < 4.78 is 6.40. The Bertz CT molecular complexity index is 702. The molecular formula is C25H37N3O2. The molecule has 3 saturated heterocycles. The van der Waals surface area contributed by atoms with Crippen LogP contribution >= 0.6 is 0 Å². The fourth-order valence-electron chi connectivity index (χ4n) is 6.21. The van der Waals surface area contributed by atoms with E-state index in [1.165, 1.54) is 18.5 Å². The van der Waals surface area contributed by atoms with Gasteiger partial charge in [0, 0.05) is 63.5 Å². The number of rotatable bonds is 3. The van der Waals surface area contributed by atoms with E-state index in [2.05, 4.69) is 45.0 Å². The number of likely N-dealkylation sites (tertiary alicyclic amines) is 1. The Balaban J connectivity index is 1.14. The molecule has 5 nitrogen and oxygen atoms in total. The van der Waals surface area contributed by atoms with Gasteiger partial charge in [0.2, 0.25) is 5.91 Å². The largest absolute Gasteiger partial charge is 0.375 e. The summed E-state index contributed by atoms with van der Waals surface area (Å²) in [5.41, 5.74) is 1.35. The van der Waals surface area contributed by atoms with Crippen LogP contribution < -0.4 is 4.90 Å². The average molecular weight is 412 g/mol. The summed E-state index contributed by atoms with van der Waals surface area (Å²) in [6, 6.07) is 11.4. The van der Waals surface area contributed by atoms with Crippen LogP contribution in [0.5, 0.6) is 0 Å². The number of piperazine rings is 1. The van der Waals surface area contributed by atoms with Gasteiger partial charge in [-0.3, -0.25) is 9.69 Å². The summed E-state index contributed by atoms with van der Waals surface area (Å²) in [6.45, 7) is 7.16. The lowest BCUT2D eigenvalue weighted by Crippen LogP contribution is -2.57. The Morgan fingerprint density at radius 2 is 1.60 bits per heavy atom. The summed E-state index contributed by atoms with van der Waals surface area (Å²) in [4.78, 5) is 20.2. The molecule has 0 aromatic heterocycles. The lowest BCUT2D eigenvalue weighted by Gasteiger charge is -2.50. The van der Waals surface area contributed by atoms with Crippen LogP contribution in [-0.2, 0) is 9.53 Å². The number of amides is 1. The monoisotopic (exact) mass is 411 g/mol. The number of piperidine rings is 1. The number of carbonyl (C=O) groups excluding carboxylic acids is 1. The lowest BCUT2D eigenvalue weighted by atomic mass is 9.81. The van der Waals surface area contributed by atoms with Crippen molar-refractivity contribution in [2.75, 3.05) is 50.8 Å². The highest BCUT2D eigenvalue weighted by molar-refractivity contribution is 5.79. The number of nitrogens with zero attached hydrogens (tertiary/aromatic N) is 3. The SMILES string of the molecule is O=C(C1CCCC1)N1CCC2(CC1)C[C@@H](N1CCN(c3ccccc3)CC1)CCO2. The van der Waals surface area contributed by atoms with Crippen LogP contribution in [0.2, 0.25) is 0 Å². The maximum absolute atomic E-state index is 12.8. The highest BCUT2D eigenvalue weighted by Crippen LogP contribution is 2.38. The molecule has 5 heteroatoms. The third kappa shape index (κ3) is 4.24. The van der Waals surface area contributed by atoms with Crippen LogP contribution in [0, 0.1) is 5.92 Å². The normalized spacial score (nSPS) is 28.2. The number of ether oxygens (including phenoxy) is 1. The molecule has 1 aliphatic carbocycles. The van der Waals surface area contributed by atoms with Crippen LogP contribution in [0.1, 0.15) is 51.4 Å². The molecule has 3 heterocycles. The summed E-state index contributed by atoms with van der Waals surface area (Å²) in [6.07, 6.45) is 9.01. The number of para-hydroxylation sites is 1. The number of anilines is 1. The molecule has 4 fully saturated rings. The summed E-state index contributed by atoms with van der Waals surface area (Å²) in [5, 5.41) is 0. The Kier molecular flexibility index (Phi) is 6.01. The van der Waals surface area contributed by atoms with E-state index in [9.17, 15) is 4.79 Å².